The lowest BCUT2D eigenvalue weighted by atomic mass is 10.3. The summed E-state index contributed by atoms with van der Waals surface area (Å²) < 4.78 is 0. The van der Waals surface area contributed by atoms with Gasteiger partial charge in [-0.3, -0.25) is 4.98 Å². The molecule has 60 valence electrons. The van der Waals surface area contributed by atoms with E-state index in [1.807, 2.05) is 24.3 Å². The first kappa shape index (κ1) is 7.31. The van der Waals surface area contributed by atoms with E-state index in [1.165, 1.54) is 11.3 Å². The lowest BCUT2D eigenvalue weighted by Crippen LogP contribution is -1.75. The van der Waals surface area contributed by atoms with Gasteiger partial charge in [0.05, 0.1) is 10.6 Å². The molecular weight excluding hydrogens is 170 g/mol. The third kappa shape index (κ3) is 1.31. The number of aromatic hydroxyl groups is 1. The minimum Gasteiger partial charge on any atom is -0.499 e. The van der Waals surface area contributed by atoms with Crippen molar-refractivity contribution in [1.29, 1.82) is 0 Å². The van der Waals surface area contributed by atoms with Crippen LogP contribution in [0.5, 0.6) is 5.06 Å². The van der Waals surface area contributed by atoms with Gasteiger partial charge in [0.1, 0.15) is 0 Å². The summed E-state index contributed by atoms with van der Waals surface area (Å²) in [6.07, 6.45) is 1.74. The first-order valence-electron chi connectivity index (χ1n) is 3.56. The van der Waals surface area contributed by atoms with Gasteiger partial charge < -0.3 is 5.11 Å². The molecule has 0 unspecified atom stereocenters. The predicted molar refractivity (Wildman–Crippen MR) is 49.2 cm³/mol. The number of aromatic nitrogens is 1. The van der Waals surface area contributed by atoms with E-state index >= 15 is 0 Å². The minimum absolute atomic E-state index is 0.329. The van der Waals surface area contributed by atoms with Crippen LogP contribution in [0.25, 0.3) is 10.6 Å². The zero-order valence-electron chi connectivity index (χ0n) is 6.27. The van der Waals surface area contributed by atoms with Gasteiger partial charge in [-0.15, -0.1) is 0 Å². The van der Waals surface area contributed by atoms with Gasteiger partial charge in [0.15, 0.2) is 5.06 Å². The van der Waals surface area contributed by atoms with E-state index in [0.717, 1.165) is 10.6 Å². The van der Waals surface area contributed by atoms with Crippen molar-refractivity contribution in [3.63, 3.8) is 0 Å². The van der Waals surface area contributed by atoms with Crippen molar-refractivity contribution in [3.8, 4) is 15.6 Å². The van der Waals surface area contributed by atoms with Gasteiger partial charge in [-0.1, -0.05) is 17.4 Å². The van der Waals surface area contributed by atoms with Crippen LogP contribution >= 0.6 is 11.3 Å². The molecule has 0 saturated heterocycles. The van der Waals surface area contributed by atoms with E-state index in [0.29, 0.717) is 5.06 Å². The highest BCUT2D eigenvalue weighted by Crippen LogP contribution is 2.30. The maximum absolute atomic E-state index is 9.11. The molecule has 0 bridgehead atoms. The SMILES string of the molecule is Oc1ccc(-c2ccccn2)s1. The Balaban J connectivity index is 2.45. The summed E-state index contributed by atoms with van der Waals surface area (Å²) in [6, 6.07) is 9.26. The van der Waals surface area contributed by atoms with Crippen molar-refractivity contribution in [2.45, 2.75) is 0 Å². The first-order valence-corrected chi connectivity index (χ1v) is 4.38. The highest BCUT2D eigenvalue weighted by molar-refractivity contribution is 7.17. The smallest absolute Gasteiger partial charge is 0.171 e. The lowest BCUT2D eigenvalue weighted by molar-refractivity contribution is 0.491. The zero-order chi connectivity index (χ0) is 8.39. The molecule has 3 heteroatoms. The van der Waals surface area contributed by atoms with Crippen molar-refractivity contribution in [2.75, 3.05) is 0 Å². The molecule has 2 aromatic heterocycles. The molecule has 0 aromatic carbocycles. The van der Waals surface area contributed by atoms with Crippen LogP contribution in [0.2, 0.25) is 0 Å². The highest BCUT2D eigenvalue weighted by atomic mass is 32.1. The summed E-state index contributed by atoms with van der Waals surface area (Å²) in [6.45, 7) is 0. The average molecular weight is 177 g/mol. The fourth-order valence-electron chi connectivity index (χ4n) is 0.974. The lowest BCUT2D eigenvalue weighted by Gasteiger charge is -1.92. The van der Waals surface area contributed by atoms with Gasteiger partial charge in [0, 0.05) is 6.20 Å². The highest BCUT2D eigenvalue weighted by Gasteiger charge is 2.00. The van der Waals surface area contributed by atoms with Gasteiger partial charge in [0.2, 0.25) is 0 Å². The summed E-state index contributed by atoms with van der Waals surface area (Å²) in [5.41, 5.74) is 0.905. The number of hydrogen-bond donors (Lipinski definition) is 1. The molecule has 0 radical (unpaired) electrons. The number of pyridine rings is 1. The Hall–Kier alpha value is -1.35. The van der Waals surface area contributed by atoms with Gasteiger partial charge in [-0.05, 0) is 24.3 Å². The van der Waals surface area contributed by atoms with Crippen LogP contribution in [0.3, 0.4) is 0 Å². The third-order valence-corrected chi connectivity index (χ3v) is 2.42. The van der Waals surface area contributed by atoms with Crippen LogP contribution < -0.4 is 0 Å². The molecule has 0 aliphatic rings. The summed E-state index contributed by atoms with van der Waals surface area (Å²) in [5, 5.41) is 9.43. The summed E-state index contributed by atoms with van der Waals surface area (Å²) in [4.78, 5) is 5.16. The van der Waals surface area contributed by atoms with Crippen LogP contribution in [0, 0.1) is 0 Å². The predicted octanol–water partition coefficient (Wildman–Crippen LogP) is 2.52. The maximum atomic E-state index is 9.11. The molecule has 0 aliphatic carbocycles. The quantitative estimate of drug-likeness (QED) is 0.726. The summed E-state index contributed by atoms with van der Waals surface area (Å²) >= 11 is 1.33. The molecule has 0 atom stereocenters. The largest absolute Gasteiger partial charge is 0.499 e. The van der Waals surface area contributed by atoms with Crippen molar-refractivity contribution in [1.82, 2.24) is 4.98 Å². The second-order valence-corrected chi connectivity index (χ2v) is 3.42. The third-order valence-electron chi connectivity index (χ3n) is 1.51. The van der Waals surface area contributed by atoms with E-state index in [-0.39, 0.29) is 0 Å². The molecule has 0 saturated carbocycles. The standard InChI is InChI=1S/C9H7NOS/c11-9-5-4-8(12-9)7-3-1-2-6-10-7/h1-6,11H. The van der Waals surface area contributed by atoms with Gasteiger partial charge >= 0.3 is 0 Å². The Morgan fingerprint density at radius 1 is 1.17 bits per heavy atom. The molecule has 0 amide bonds. The number of hydrogen-bond acceptors (Lipinski definition) is 3. The Bertz CT molecular complexity index is 369. The van der Waals surface area contributed by atoms with Gasteiger partial charge in [-0.25, -0.2) is 0 Å². The Morgan fingerprint density at radius 3 is 2.67 bits per heavy atom. The van der Waals surface area contributed by atoms with Crippen LogP contribution in [-0.2, 0) is 0 Å². The van der Waals surface area contributed by atoms with Gasteiger partial charge in [-0.2, -0.15) is 0 Å². The van der Waals surface area contributed by atoms with E-state index in [4.69, 9.17) is 5.11 Å². The van der Waals surface area contributed by atoms with Crippen molar-refractivity contribution < 1.29 is 5.11 Å². The molecule has 0 aliphatic heterocycles. The van der Waals surface area contributed by atoms with Crippen LogP contribution in [0.15, 0.2) is 36.5 Å². The zero-order valence-corrected chi connectivity index (χ0v) is 7.08. The second-order valence-electron chi connectivity index (χ2n) is 2.35. The molecule has 12 heavy (non-hydrogen) atoms. The fourth-order valence-corrected chi connectivity index (χ4v) is 1.70. The molecular formula is C9H7NOS. The number of nitrogens with zero attached hydrogens (tertiary/aromatic N) is 1. The van der Waals surface area contributed by atoms with E-state index in [9.17, 15) is 0 Å². The molecule has 2 nitrogen and oxygen atoms in total. The second kappa shape index (κ2) is 2.95. The van der Waals surface area contributed by atoms with E-state index < -0.39 is 0 Å². The number of thiophene rings is 1. The van der Waals surface area contributed by atoms with Crippen molar-refractivity contribution in [2.24, 2.45) is 0 Å². The maximum Gasteiger partial charge on any atom is 0.171 e. The molecule has 1 N–H and O–H groups in total. The molecule has 2 aromatic rings. The van der Waals surface area contributed by atoms with Crippen molar-refractivity contribution >= 4 is 11.3 Å². The molecule has 2 heterocycles. The number of rotatable bonds is 1. The summed E-state index contributed by atoms with van der Waals surface area (Å²) in [7, 11) is 0. The Labute approximate surface area is 74.1 Å². The van der Waals surface area contributed by atoms with E-state index in [1.54, 1.807) is 12.3 Å². The molecule has 0 fully saturated rings. The normalized spacial score (nSPS) is 10.0. The fraction of sp³-hybridized carbons (Fsp3) is 0. The average Bonchev–Trinajstić information content (AvgIpc) is 2.54. The topological polar surface area (TPSA) is 33.1 Å². The summed E-state index contributed by atoms with van der Waals surface area (Å²) in [5.74, 6) is 0. The minimum atomic E-state index is 0.329. The molecule has 0 spiro atoms. The van der Waals surface area contributed by atoms with Crippen LogP contribution in [-0.4, -0.2) is 10.1 Å². The van der Waals surface area contributed by atoms with Crippen molar-refractivity contribution in [3.05, 3.63) is 36.5 Å². The van der Waals surface area contributed by atoms with Gasteiger partial charge in [0.25, 0.3) is 0 Å². The van der Waals surface area contributed by atoms with E-state index in [2.05, 4.69) is 4.98 Å². The molecule has 2 rings (SSSR count). The van der Waals surface area contributed by atoms with Crippen LogP contribution in [0.4, 0.5) is 0 Å². The first-order chi connectivity index (χ1) is 5.86. The Morgan fingerprint density at radius 2 is 2.08 bits per heavy atom. The Kier molecular flexibility index (Phi) is 1.80. The van der Waals surface area contributed by atoms with Crippen LogP contribution in [0.1, 0.15) is 0 Å². The monoisotopic (exact) mass is 177 g/mol.